The van der Waals surface area contributed by atoms with E-state index in [9.17, 15) is 12.8 Å². The molecule has 1 unspecified atom stereocenters. The van der Waals surface area contributed by atoms with Gasteiger partial charge in [-0.05, 0) is 61.1 Å². The van der Waals surface area contributed by atoms with Crippen LogP contribution in [0, 0.1) is 5.82 Å². The minimum absolute atomic E-state index is 0.226. The maximum Gasteiger partial charge on any atom is 0.175 e. The van der Waals surface area contributed by atoms with Crippen LogP contribution in [0.2, 0.25) is 0 Å². The molecular weight excluding hydrogens is 371 g/mol. The minimum atomic E-state index is -3.26. The van der Waals surface area contributed by atoms with Crippen molar-refractivity contribution in [3.05, 3.63) is 65.5 Å². The molecule has 0 radical (unpaired) electrons. The summed E-state index contributed by atoms with van der Waals surface area (Å²) >= 11 is 1.55. The van der Waals surface area contributed by atoms with Gasteiger partial charge in [-0.15, -0.1) is 11.8 Å². The molecule has 1 aliphatic heterocycles. The Hall–Kier alpha value is -1.63. The van der Waals surface area contributed by atoms with E-state index in [0.29, 0.717) is 0 Å². The van der Waals surface area contributed by atoms with Gasteiger partial charge in [0, 0.05) is 11.8 Å². The molecule has 6 heteroatoms. The van der Waals surface area contributed by atoms with E-state index >= 15 is 0 Å². The summed E-state index contributed by atoms with van der Waals surface area (Å²) in [7, 11) is -3.26. The number of thioether (sulfide) groups is 1. The maximum atomic E-state index is 13.8. The molecule has 2 aromatic rings. The molecule has 3 nitrogen and oxygen atoms in total. The quantitative estimate of drug-likeness (QED) is 0.760. The monoisotopic (exact) mass is 392 g/mol. The molecule has 3 rings (SSSR count). The van der Waals surface area contributed by atoms with Gasteiger partial charge in [0.1, 0.15) is 11.3 Å². The van der Waals surface area contributed by atoms with Gasteiger partial charge in [-0.1, -0.05) is 24.3 Å². The van der Waals surface area contributed by atoms with Crippen molar-refractivity contribution < 1.29 is 17.5 Å². The molecule has 0 amide bonds. The third-order valence-electron chi connectivity index (χ3n) is 4.43. The van der Waals surface area contributed by atoms with Crippen LogP contribution in [0.3, 0.4) is 0 Å². The van der Waals surface area contributed by atoms with Crippen molar-refractivity contribution in [3.63, 3.8) is 0 Å². The molecule has 0 fully saturated rings. The highest BCUT2D eigenvalue weighted by atomic mass is 32.2. The lowest BCUT2D eigenvalue weighted by Gasteiger charge is -2.23. The van der Waals surface area contributed by atoms with E-state index in [4.69, 9.17) is 4.74 Å². The van der Waals surface area contributed by atoms with Crippen LogP contribution in [0.1, 0.15) is 25.0 Å². The molecule has 0 spiro atoms. The maximum absolute atomic E-state index is 13.8. The Labute approximate surface area is 158 Å². The lowest BCUT2D eigenvalue weighted by Crippen LogP contribution is -2.23. The summed E-state index contributed by atoms with van der Waals surface area (Å²) in [4.78, 5) is 0.271. The highest BCUT2D eigenvalue weighted by Gasteiger charge is 2.41. The Morgan fingerprint density at radius 3 is 2.27 bits per heavy atom. The van der Waals surface area contributed by atoms with Crippen molar-refractivity contribution in [2.24, 2.45) is 0 Å². The highest BCUT2D eigenvalue weighted by molar-refractivity contribution is 7.99. The van der Waals surface area contributed by atoms with Crippen molar-refractivity contribution in [2.45, 2.75) is 29.8 Å². The second-order valence-electron chi connectivity index (χ2n) is 6.79. The molecule has 26 heavy (non-hydrogen) atoms. The van der Waals surface area contributed by atoms with Crippen LogP contribution < -0.4 is 0 Å². The van der Waals surface area contributed by atoms with Crippen LogP contribution in [-0.4, -0.2) is 32.0 Å². The number of benzene rings is 2. The summed E-state index contributed by atoms with van der Waals surface area (Å²) in [5, 5.41) is 0. The summed E-state index contributed by atoms with van der Waals surface area (Å²) < 4.78 is 43.5. The molecule has 138 valence electrons. The van der Waals surface area contributed by atoms with E-state index in [1.54, 1.807) is 42.1 Å². The number of hydrogen-bond donors (Lipinski definition) is 0. The lowest BCUT2D eigenvalue weighted by molar-refractivity contribution is 0.0494. The molecule has 0 aromatic heterocycles. The molecule has 0 saturated heterocycles. The first-order valence-corrected chi connectivity index (χ1v) is 11.3. The van der Waals surface area contributed by atoms with Crippen LogP contribution in [0.5, 0.6) is 0 Å². The van der Waals surface area contributed by atoms with E-state index in [1.807, 2.05) is 26.2 Å². The summed E-state index contributed by atoms with van der Waals surface area (Å²) in [5.74, 6) is -0.300. The molecular formula is C20H21FO3S2. The third kappa shape index (κ3) is 3.59. The molecule has 0 saturated carbocycles. The van der Waals surface area contributed by atoms with Gasteiger partial charge in [0.05, 0.1) is 10.5 Å². The highest BCUT2D eigenvalue weighted by Crippen LogP contribution is 2.49. The average molecular weight is 393 g/mol. The Bertz CT molecular complexity index is 961. The summed E-state index contributed by atoms with van der Waals surface area (Å²) in [6.07, 6.45) is 3.14. The smallest absolute Gasteiger partial charge is 0.175 e. The fraction of sp³-hybridized carbons (Fsp3) is 0.300. The van der Waals surface area contributed by atoms with Crippen molar-refractivity contribution in [3.8, 4) is 0 Å². The van der Waals surface area contributed by atoms with Gasteiger partial charge in [-0.3, -0.25) is 0 Å². The van der Waals surface area contributed by atoms with Gasteiger partial charge < -0.3 is 4.74 Å². The Balaban J connectivity index is 2.22. The molecule has 1 heterocycles. The zero-order valence-corrected chi connectivity index (χ0v) is 16.7. The summed E-state index contributed by atoms with van der Waals surface area (Å²) in [6, 6.07) is 13.3. The Kier molecular flexibility index (Phi) is 5.03. The number of halogens is 1. The van der Waals surface area contributed by atoms with E-state index in [-0.39, 0.29) is 16.1 Å². The van der Waals surface area contributed by atoms with E-state index in [1.165, 1.54) is 18.4 Å². The fourth-order valence-corrected chi connectivity index (χ4v) is 4.76. The zero-order chi connectivity index (χ0) is 19.1. The second kappa shape index (κ2) is 6.83. The van der Waals surface area contributed by atoms with Crippen molar-refractivity contribution in [1.82, 2.24) is 0 Å². The number of sulfone groups is 1. The molecule has 0 bridgehead atoms. The summed E-state index contributed by atoms with van der Waals surface area (Å²) in [6.45, 7) is 3.95. The number of hydrogen-bond acceptors (Lipinski definition) is 4. The van der Waals surface area contributed by atoms with E-state index < -0.39 is 15.4 Å². The zero-order valence-electron chi connectivity index (χ0n) is 15.1. The molecule has 1 atom stereocenters. The first-order chi connectivity index (χ1) is 12.1. The van der Waals surface area contributed by atoms with Crippen LogP contribution in [0.4, 0.5) is 4.39 Å². The van der Waals surface area contributed by atoms with Crippen LogP contribution in [0.25, 0.3) is 11.1 Å². The first-order valence-electron chi connectivity index (χ1n) is 8.15. The van der Waals surface area contributed by atoms with Crippen LogP contribution in [-0.2, 0) is 14.6 Å². The topological polar surface area (TPSA) is 43.4 Å². The first kappa shape index (κ1) is 19.1. The van der Waals surface area contributed by atoms with Crippen molar-refractivity contribution in [2.75, 3.05) is 12.5 Å². The van der Waals surface area contributed by atoms with Gasteiger partial charge in [0.2, 0.25) is 0 Å². The second-order valence-corrected chi connectivity index (χ2v) is 9.71. The number of rotatable bonds is 4. The van der Waals surface area contributed by atoms with Crippen LogP contribution >= 0.6 is 11.8 Å². The van der Waals surface area contributed by atoms with E-state index in [0.717, 1.165) is 22.3 Å². The van der Waals surface area contributed by atoms with Gasteiger partial charge in [0.25, 0.3) is 0 Å². The fourth-order valence-electron chi connectivity index (χ4n) is 3.30. The minimum Gasteiger partial charge on any atom is -0.352 e. The lowest BCUT2D eigenvalue weighted by atomic mass is 9.87. The SMILES string of the molecule is CSC1OC(C)(C)C(c2ccc(S(C)(=O)=O)cc2)=C1c1cccc(F)c1. The summed E-state index contributed by atoms with van der Waals surface area (Å²) in [5.41, 5.74) is 2.71. The normalized spacial score (nSPS) is 19.8. The predicted octanol–water partition coefficient (Wildman–Crippen LogP) is 4.64. The van der Waals surface area contributed by atoms with Crippen molar-refractivity contribution >= 4 is 32.7 Å². The van der Waals surface area contributed by atoms with Crippen molar-refractivity contribution in [1.29, 1.82) is 0 Å². The van der Waals surface area contributed by atoms with Gasteiger partial charge in [0.15, 0.2) is 9.84 Å². The third-order valence-corrected chi connectivity index (χ3v) is 6.32. The number of ether oxygens (including phenoxy) is 1. The molecule has 2 aromatic carbocycles. The van der Waals surface area contributed by atoms with Gasteiger partial charge >= 0.3 is 0 Å². The Morgan fingerprint density at radius 1 is 1.08 bits per heavy atom. The predicted molar refractivity (Wildman–Crippen MR) is 105 cm³/mol. The Morgan fingerprint density at radius 2 is 1.73 bits per heavy atom. The molecule has 0 aliphatic carbocycles. The average Bonchev–Trinajstić information content (AvgIpc) is 2.85. The van der Waals surface area contributed by atoms with Gasteiger partial charge in [-0.2, -0.15) is 0 Å². The van der Waals surface area contributed by atoms with Crippen LogP contribution in [0.15, 0.2) is 53.4 Å². The molecule has 0 N–H and O–H groups in total. The largest absolute Gasteiger partial charge is 0.352 e. The molecule has 1 aliphatic rings. The van der Waals surface area contributed by atoms with E-state index in [2.05, 4.69) is 0 Å². The van der Waals surface area contributed by atoms with Gasteiger partial charge in [-0.25, -0.2) is 12.8 Å². The standard InChI is InChI=1S/C20H21FO3S2/c1-20(2)18(13-8-10-16(11-9-13)26(4,22)23)17(19(24-20)25-3)14-6-5-7-15(21)12-14/h5-12,19H,1-4H3.